The van der Waals surface area contributed by atoms with Gasteiger partial charge in [0.15, 0.2) is 0 Å². The maximum atomic E-state index is 5.83. The lowest BCUT2D eigenvalue weighted by atomic mass is 9.77. The van der Waals surface area contributed by atoms with Crippen LogP contribution in [-0.2, 0) is 4.74 Å². The molecule has 0 amide bonds. The summed E-state index contributed by atoms with van der Waals surface area (Å²) in [4.78, 5) is 2.72. The predicted molar refractivity (Wildman–Crippen MR) is 75.8 cm³/mol. The normalized spacial score (nSPS) is 35.0. The molecule has 0 radical (unpaired) electrons. The van der Waals surface area contributed by atoms with Crippen molar-refractivity contribution in [3.05, 3.63) is 0 Å². The first-order valence-corrected chi connectivity index (χ1v) is 7.72. The molecule has 1 saturated heterocycles. The van der Waals surface area contributed by atoms with E-state index >= 15 is 0 Å². The molecule has 3 unspecified atom stereocenters. The first-order valence-electron chi connectivity index (χ1n) is 7.72. The summed E-state index contributed by atoms with van der Waals surface area (Å²) < 4.78 is 5.83. The first kappa shape index (κ1) is 14.3. The van der Waals surface area contributed by atoms with Crippen LogP contribution < -0.4 is 5.32 Å². The van der Waals surface area contributed by atoms with Gasteiger partial charge in [-0.15, -0.1) is 0 Å². The summed E-state index contributed by atoms with van der Waals surface area (Å²) >= 11 is 0. The zero-order valence-corrected chi connectivity index (χ0v) is 12.3. The number of rotatable bonds is 4. The van der Waals surface area contributed by atoms with Gasteiger partial charge in [-0.25, -0.2) is 0 Å². The van der Waals surface area contributed by atoms with Crippen molar-refractivity contribution in [1.29, 1.82) is 0 Å². The van der Waals surface area contributed by atoms with Crippen molar-refractivity contribution in [3.63, 3.8) is 0 Å². The molecule has 1 N–H and O–H groups in total. The fourth-order valence-electron chi connectivity index (χ4n) is 3.77. The predicted octanol–water partition coefficient (Wildman–Crippen LogP) is 2.12. The third kappa shape index (κ3) is 3.46. The molecule has 3 nitrogen and oxygen atoms in total. The number of hydrogen-bond donors (Lipinski definition) is 1. The summed E-state index contributed by atoms with van der Waals surface area (Å²) in [5, 5.41) is 3.24. The van der Waals surface area contributed by atoms with Crippen LogP contribution in [-0.4, -0.2) is 50.3 Å². The molecule has 3 heteroatoms. The van der Waals surface area contributed by atoms with Crippen LogP contribution in [0.25, 0.3) is 0 Å². The second-order valence-corrected chi connectivity index (χ2v) is 6.31. The standard InChI is InChI=1S/C15H30N2O/c1-12(2)14-6-4-5-7-15(14)17-8-9-18-13(11-17)10-16-3/h12-16H,4-11H2,1-3H3. The van der Waals surface area contributed by atoms with Gasteiger partial charge in [-0.1, -0.05) is 26.7 Å². The monoisotopic (exact) mass is 254 g/mol. The minimum atomic E-state index is 0.387. The van der Waals surface area contributed by atoms with Gasteiger partial charge < -0.3 is 10.1 Å². The van der Waals surface area contributed by atoms with Gasteiger partial charge in [-0.3, -0.25) is 4.90 Å². The molecule has 2 rings (SSSR count). The van der Waals surface area contributed by atoms with Gasteiger partial charge in [-0.05, 0) is 31.7 Å². The van der Waals surface area contributed by atoms with Gasteiger partial charge in [0.2, 0.25) is 0 Å². The van der Waals surface area contributed by atoms with E-state index < -0.39 is 0 Å². The molecule has 0 aromatic carbocycles. The molecule has 0 aromatic heterocycles. The number of morpholine rings is 1. The van der Waals surface area contributed by atoms with E-state index in [0.717, 1.165) is 44.1 Å². The molecule has 106 valence electrons. The fourth-order valence-corrected chi connectivity index (χ4v) is 3.77. The summed E-state index contributed by atoms with van der Waals surface area (Å²) in [6.07, 6.45) is 6.07. The summed E-state index contributed by atoms with van der Waals surface area (Å²) in [7, 11) is 2.01. The third-order valence-corrected chi connectivity index (χ3v) is 4.71. The Morgan fingerprint density at radius 2 is 2.06 bits per heavy atom. The Hall–Kier alpha value is -0.120. The second-order valence-electron chi connectivity index (χ2n) is 6.31. The molecule has 0 aromatic rings. The number of nitrogens with zero attached hydrogens (tertiary/aromatic N) is 1. The highest BCUT2D eigenvalue weighted by Crippen LogP contribution is 2.34. The van der Waals surface area contributed by atoms with E-state index in [2.05, 4.69) is 24.1 Å². The lowest BCUT2D eigenvalue weighted by Gasteiger charge is -2.45. The first-order chi connectivity index (χ1) is 8.72. The zero-order chi connectivity index (χ0) is 13.0. The summed E-state index contributed by atoms with van der Waals surface area (Å²) in [6.45, 7) is 8.94. The van der Waals surface area contributed by atoms with E-state index in [1.807, 2.05) is 7.05 Å². The van der Waals surface area contributed by atoms with Gasteiger partial charge in [-0.2, -0.15) is 0 Å². The summed E-state index contributed by atoms with van der Waals surface area (Å²) in [6, 6.07) is 0.807. The minimum absolute atomic E-state index is 0.387. The van der Waals surface area contributed by atoms with E-state index in [4.69, 9.17) is 4.74 Å². The van der Waals surface area contributed by atoms with Gasteiger partial charge in [0.05, 0.1) is 12.7 Å². The van der Waals surface area contributed by atoms with Crippen molar-refractivity contribution in [2.24, 2.45) is 11.8 Å². The van der Waals surface area contributed by atoms with Crippen molar-refractivity contribution < 1.29 is 4.74 Å². The molecular formula is C15H30N2O. The minimum Gasteiger partial charge on any atom is -0.374 e. The topological polar surface area (TPSA) is 24.5 Å². The van der Waals surface area contributed by atoms with Crippen LogP contribution in [0.4, 0.5) is 0 Å². The summed E-state index contributed by atoms with van der Waals surface area (Å²) in [5.41, 5.74) is 0. The van der Waals surface area contributed by atoms with E-state index in [1.54, 1.807) is 0 Å². The second kappa shape index (κ2) is 6.88. The highest BCUT2D eigenvalue weighted by atomic mass is 16.5. The Morgan fingerprint density at radius 3 is 2.78 bits per heavy atom. The molecule has 0 spiro atoms. The molecule has 1 aliphatic heterocycles. The Balaban J connectivity index is 1.95. The fraction of sp³-hybridized carbons (Fsp3) is 1.00. The lowest BCUT2D eigenvalue weighted by molar-refractivity contribution is -0.0603. The smallest absolute Gasteiger partial charge is 0.0826 e. The molecule has 18 heavy (non-hydrogen) atoms. The maximum Gasteiger partial charge on any atom is 0.0826 e. The average molecular weight is 254 g/mol. The number of hydrogen-bond acceptors (Lipinski definition) is 3. The van der Waals surface area contributed by atoms with Crippen LogP contribution in [0.1, 0.15) is 39.5 Å². The number of likely N-dealkylation sites (N-methyl/N-ethyl adjacent to an activating group) is 1. The van der Waals surface area contributed by atoms with E-state index in [1.165, 1.54) is 25.7 Å². The molecule has 1 heterocycles. The van der Waals surface area contributed by atoms with Gasteiger partial charge in [0, 0.05) is 25.7 Å². The van der Waals surface area contributed by atoms with Crippen LogP contribution in [0.3, 0.4) is 0 Å². The molecule has 2 aliphatic rings. The average Bonchev–Trinajstić information content (AvgIpc) is 2.39. The Bertz CT molecular complexity index is 243. The van der Waals surface area contributed by atoms with Crippen molar-refractivity contribution in [3.8, 4) is 0 Å². The number of nitrogens with one attached hydrogen (secondary N) is 1. The Labute approximate surface area is 112 Å². The van der Waals surface area contributed by atoms with Crippen LogP contribution in [0, 0.1) is 11.8 Å². The molecular weight excluding hydrogens is 224 g/mol. The SMILES string of the molecule is CNCC1CN(C2CCCCC2C(C)C)CCO1. The maximum absolute atomic E-state index is 5.83. The van der Waals surface area contributed by atoms with Crippen molar-refractivity contribution >= 4 is 0 Å². The van der Waals surface area contributed by atoms with Crippen LogP contribution in [0.15, 0.2) is 0 Å². The molecule has 1 aliphatic carbocycles. The van der Waals surface area contributed by atoms with Crippen LogP contribution in [0.2, 0.25) is 0 Å². The highest BCUT2D eigenvalue weighted by molar-refractivity contribution is 4.87. The van der Waals surface area contributed by atoms with Crippen LogP contribution in [0.5, 0.6) is 0 Å². The quantitative estimate of drug-likeness (QED) is 0.832. The van der Waals surface area contributed by atoms with E-state index in [0.29, 0.717) is 6.10 Å². The van der Waals surface area contributed by atoms with Gasteiger partial charge >= 0.3 is 0 Å². The zero-order valence-electron chi connectivity index (χ0n) is 12.3. The molecule has 3 atom stereocenters. The number of ether oxygens (including phenoxy) is 1. The highest BCUT2D eigenvalue weighted by Gasteiger charge is 2.34. The lowest BCUT2D eigenvalue weighted by Crippen LogP contribution is -2.53. The molecule has 0 bridgehead atoms. The van der Waals surface area contributed by atoms with Crippen molar-refractivity contribution in [1.82, 2.24) is 10.2 Å². The van der Waals surface area contributed by atoms with Crippen molar-refractivity contribution in [2.75, 3.05) is 33.3 Å². The molecule has 1 saturated carbocycles. The van der Waals surface area contributed by atoms with Crippen LogP contribution >= 0.6 is 0 Å². The Morgan fingerprint density at radius 1 is 1.28 bits per heavy atom. The Kier molecular flexibility index (Phi) is 5.46. The van der Waals surface area contributed by atoms with E-state index in [-0.39, 0.29) is 0 Å². The van der Waals surface area contributed by atoms with Gasteiger partial charge in [0.1, 0.15) is 0 Å². The molecule has 2 fully saturated rings. The van der Waals surface area contributed by atoms with Crippen molar-refractivity contribution in [2.45, 2.75) is 51.7 Å². The third-order valence-electron chi connectivity index (χ3n) is 4.71. The largest absolute Gasteiger partial charge is 0.374 e. The van der Waals surface area contributed by atoms with E-state index in [9.17, 15) is 0 Å². The van der Waals surface area contributed by atoms with Gasteiger partial charge in [0.25, 0.3) is 0 Å². The summed E-state index contributed by atoms with van der Waals surface area (Å²) in [5.74, 6) is 1.72.